The molecule has 142 valence electrons. The normalized spacial score (nSPS) is 17.4. The van der Waals surface area contributed by atoms with Gasteiger partial charge in [-0.25, -0.2) is 0 Å². The Labute approximate surface area is 161 Å². The van der Waals surface area contributed by atoms with E-state index in [0.29, 0.717) is 18.4 Å². The number of hydrogen-bond donors (Lipinski definition) is 1. The minimum absolute atomic E-state index is 0.0956. The maximum Gasteiger partial charge on any atom is 0.251 e. The summed E-state index contributed by atoms with van der Waals surface area (Å²) >= 11 is 0. The van der Waals surface area contributed by atoms with Gasteiger partial charge in [-0.3, -0.25) is 4.79 Å². The molecule has 1 amide bonds. The van der Waals surface area contributed by atoms with Crippen molar-refractivity contribution in [1.29, 1.82) is 0 Å². The van der Waals surface area contributed by atoms with Crippen molar-refractivity contribution in [2.24, 2.45) is 0 Å². The monoisotopic (exact) mass is 365 g/mol. The molecule has 0 unspecified atom stereocenters. The maximum absolute atomic E-state index is 12.9. The second-order valence-electron chi connectivity index (χ2n) is 7.65. The average Bonchev–Trinajstić information content (AvgIpc) is 2.60. The Kier molecular flexibility index (Phi) is 5.26. The van der Waals surface area contributed by atoms with Gasteiger partial charge in [-0.15, -0.1) is 6.58 Å². The van der Waals surface area contributed by atoms with Crippen LogP contribution in [0.5, 0.6) is 11.5 Å². The van der Waals surface area contributed by atoms with Crippen molar-refractivity contribution in [2.45, 2.75) is 45.3 Å². The number of nitrogens with one attached hydrogen (secondary N) is 1. The van der Waals surface area contributed by atoms with E-state index in [-0.39, 0.29) is 17.6 Å². The van der Waals surface area contributed by atoms with Crippen LogP contribution in [0.2, 0.25) is 0 Å². The highest BCUT2D eigenvalue weighted by molar-refractivity contribution is 5.95. The Morgan fingerprint density at radius 3 is 2.81 bits per heavy atom. The zero-order valence-corrected chi connectivity index (χ0v) is 16.5. The van der Waals surface area contributed by atoms with E-state index in [0.717, 1.165) is 28.2 Å². The summed E-state index contributed by atoms with van der Waals surface area (Å²) in [6.45, 7) is 9.91. The van der Waals surface area contributed by atoms with Crippen molar-refractivity contribution < 1.29 is 14.3 Å². The average molecular weight is 365 g/mol. The van der Waals surface area contributed by atoms with Gasteiger partial charge in [0.05, 0.1) is 13.2 Å². The largest absolute Gasteiger partial charge is 0.496 e. The summed E-state index contributed by atoms with van der Waals surface area (Å²) in [5, 5.41) is 3.19. The van der Waals surface area contributed by atoms with Crippen LogP contribution in [-0.2, 0) is 6.42 Å². The fourth-order valence-electron chi connectivity index (χ4n) is 3.56. The Morgan fingerprint density at radius 1 is 1.33 bits per heavy atom. The second kappa shape index (κ2) is 7.47. The topological polar surface area (TPSA) is 47.6 Å². The summed E-state index contributed by atoms with van der Waals surface area (Å²) in [5.41, 5.74) is 3.38. The van der Waals surface area contributed by atoms with Gasteiger partial charge in [0.15, 0.2) is 0 Å². The predicted molar refractivity (Wildman–Crippen MR) is 108 cm³/mol. The molecule has 4 heteroatoms. The molecule has 0 radical (unpaired) electrons. The van der Waals surface area contributed by atoms with E-state index in [9.17, 15) is 4.79 Å². The molecule has 1 aliphatic heterocycles. The molecule has 0 aliphatic carbocycles. The third kappa shape index (κ3) is 4.16. The lowest BCUT2D eigenvalue weighted by Crippen LogP contribution is -2.41. The smallest absolute Gasteiger partial charge is 0.251 e. The standard InChI is InChI=1S/C23H27NO3/c1-6-7-16-13-17(9-11-20(16)26-5)22(25)24-19-14-23(3,4)27-21-12-15(2)8-10-18(19)21/h6,8-13,19H,1,7,14H2,2-5H3,(H,24,25)/t19-/m0/s1. The summed E-state index contributed by atoms with van der Waals surface area (Å²) in [5.74, 6) is 1.51. The Morgan fingerprint density at radius 2 is 2.11 bits per heavy atom. The van der Waals surface area contributed by atoms with E-state index < -0.39 is 0 Å². The molecule has 4 nitrogen and oxygen atoms in total. The lowest BCUT2D eigenvalue weighted by molar-refractivity contribution is 0.0619. The van der Waals surface area contributed by atoms with Crippen molar-refractivity contribution in [3.05, 3.63) is 71.3 Å². The van der Waals surface area contributed by atoms with Crippen LogP contribution in [0.3, 0.4) is 0 Å². The quantitative estimate of drug-likeness (QED) is 0.777. The van der Waals surface area contributed by atoms with Crippen LogP contribution in [-0.4, -0.2) is 18.6 Å². The molecule has 2 aromatic rings. The molecule has 1 aliphatic rings. The number of methoxy groups -OCH3 is 1. The first kappa shape index (κ1) is 19.0. The van der Waals surface area contributed by atoms with E-state index in [4.69, 9.17) is 9.47 Å². The molecular weight excluding hydrogens is 338 g/mol. The molecule has 3 rings (SSSR count). The van der Waals surface area contributed by atoms with Crippen molar-refractivity contribution in [3.8, 4) is 11.5 Å². The third-order valence-corrected chi connectivity index (χ3v) is 4.84. The van der Waals surface area contributed by atoms with Crippen LogP contribution < -0.4 is 14.8 Å². The second-order valence-corrected chi connectivity index (χ2v) is 7.65. The molecule has 0 aromatic heterocycles. The van der Waals surface area contributed by atoms with Gasteiger partial charge in [-0.2, -0.15) is 0 Å². The molecule has 0 spiro atoms. The number of aryl methyl sites for hydroxylation is 1. The number of ether oxygens (including phenoxy) is 2. The molecular formula is C23H27NO3. The fourth-order valence-corrected chi connectivity index (χ4v) is 3.56. The van der Waals surface area contributed by atoms with Gasteiger partial charge >= 0.3 is 0 Å². The summed E-state index contributed by atoms with van der Waals surface area (Å²) < 4.78 is 11.5. The van der Waals surface area contributed by atoms with E-state index in [1.807, 2.05) is 45.0 Å². The molecule has 1 heterocycles. The van der Waals surface area contributed by atoms with Crippen molar-refractivity contribution in [3.63, 3.8) is 0 Å². The lowest BCUT2D eigenvalue weighted by atomic mass is 9.89. The molecule has 0 bridgehead atoms. The summed E-state index contributed by atoms with van der Waals surface area (Å²) in [7, 11) is 1.63. The molecule has 0 fully saturated rings. The van der Waals surface area contributed by atoms with Crippen LogP contribution in [0.15, 0.2) is 49.1 Å². The SMILES string of the molecule is C=CCc1cc(C(=O)N[C@H]2CC(C)(C)Oc3cc(C)ccc32)ccc1OC. The number of benzene rings is 2. The molecule has 27 heavy (non-hydrogen) atoms. The minimum Gasteiger partial charge on any atom is -0.496 e. The molecule has 1 atom stereocenters. The van der Waals surface area contributed by atoms with E-state index in [2.05, 4.69) is 18.0 Å². The summed E-state index contributed by atoms with van der Waals surface area (Å²) in [4.78, 5) is 12.9. The Balaban J connectivity index is 1.88. The number of hydrogen-bond acceptors (Lipinski definition) is 3. The maximum atomic E-state index is 12.9. The van der Waals surface area contributed by atoms with Gasteiger partial charge in [0.1, 0.15) is 17.1 Å². The number of allylic oxidation sites excluding steroid dienone is 1. The predicted octanol–water partition coefficient (Wildman–Crippen LogP) is 4.76. The first-order chi connectivity index (χ1) is 12.8. The number of fused-ring (bicyclic) bond motifs is 1. The molecule has 0 saturated heterocycles. The molecule has 2 aromatic carbocycles. The number of carbonyl (C=O) groups is 1. The van der Waals surface area contributed by atoms with E-state index in [1.54, 1.807) is 19.3 Å². The highest BCUT2D eigenvalue weighted by atomic mass is 16.5. The van der Waals surface area contributed by atoms with Crippen molar-refractivity contribution in [1.82, 2.24) is 5.32 Å². The van der Waals surface area contributed by atoms with Gasteiger partial charge in [0.2, 0.25) is 0 Å². The fraction of sp³-hybridized carbons (Fsp3) is 0.348. The van der Waals surface area contributed by atoms with Crippen molar-refractivity contribution in [2.75, 3.05) is 7.11 Å². The van der Waals surface area contributed by atoms with Gasteiger partial charge in [0.25, 0.3) is 5.91 Å². The van der Waals surface area contributed by atoms with Crippen LogP contribution in [0, 0.1) is 6.92 Å². The zero-order valence-electron chi connectivity index (χ0n) is 16.5. The van der Waals surface area contributed by atoms with Gasteiger partial charge in [-0.1, -0.05) is 18.2 Å². The zero-order chi connectivity index (χ0) is 19.6. The molecule has 1 N–H and O–H groups in total. The number of carbonyl (C=O) groups excluding carboxylic acids is 1. The van der Waals surface area contributed by atoms with Gasteiger partial charge in [0, 0.05) is 17.5 Å². The van der Waals surface area contributed by atoms with Crippen LogP contribution in [0.25, 0.3) is 0 Å². The highest BCUT2D eigenvalue weighted by Crippen LogP contribution is 2.40. The first-order valence-electron chi connectivity index (χ1n) is 9.21. The third-order valence-electron chi connectivity index (χ3n) is 4.84. The number of rotatable bonds is 5. The number of amides is 1. The van der Waals surface area contributed by atoms with Crippen LogP contribution in [0.4, 0.5) is 0 Å². The minimum atomic E-state index is -0.341. The summed E-state index contributed by atoms with van der Waals surface area (Å²) in [6, 6.07) is 11.5. The Hall–Kier alpha value is -2.75. The van der Waals surface area contributed by atoms with Gasteiger partial charge < -0.3 is 14.8 Å². The van der Waals surface area contributed by atoms with E-state index in [1.165, 1.54) is 0 Å². The first-order valence-corrected chi connectivity index (χ1v) is 9.21. The Bertz CT molecular complexity index is 870. The van der Waals surface area contributed by atoms with Gasteiger partial charge in [-0.05, 0) is 62.6 Å². The van der Waals surface area contributed by atoms with Crippen LogP contribution in [0.1, 0.15) is 53.4 Å². The highest BCUT2D eigenvalue weighted by Gasteiger charge is 2.34. The summed E-state index contributed by atoms with van der Waals surface area (Å²) in [6.07, 6.45) is 3.17. The lowest BCUT2D eigenvalue weighted by Gasteiger charge is -2.38. The van der Waals surface area contributed by atoms with Crippen LogP contribution >= 0.6 is 0 Å². The molecule has 0 saturated carbocycles. The van der Waals surface area contributed by atoms with E-state index >= 15 is 0 Å². The van der Waals surface area contributed by atoms with Crippen molar-refractivity contribution >= 4 is 5.91 Å².